The number of nitrogens with one attached hydrogen (secondary N) is 1. The summed E-state index contributed by atoms with van der Waals surface area (Å²) in [6.45, 7) is 6.31. The lowest BCUT2D eigenvalue weighted by Crippen LogP contribution is -2.30. The van der Waals surface area contributed by atoms with E-state index in [0.29, 0.717) is 0 Å². The minimum atomic E-state index is 0.986. The van der Waals surface area contributed by atoms with Gasteiger partial charge < -0.3 is 0 Å². The van der Waals surface area contributed by atoms with E-state index in [1.54, 1.807) is 5.01 Å². The van der Waals surface area contributed by atoms with Crippen molar-refractivity contribution >= 4 is 0 Å². The Morgan fingerprint density at radius 2 is 1.62 bits per heavy atom. The largest absolute Gasteiger partial charge is 0.269 e. The summed E-state index contributed by atoms with van der Waals surface area (Å²) in [6, 6.07) is 0. The number of nitrogens with two attached hydrogens (primary N) is 1. The molecule has 0 rings (SSSR count). The molecule has 3 N–H and O–H groups in total. The zero-order valence-electron chi connectivity index (χ0n) is 9.80. The topological polar surface area (TPSA) is 44.5 Å². The van der Waals surface area contributed by atoms with E-state index in [9.17, 15) is 0 Å². The molecule has 4 heteroatoms. The third-order valence-electron chi connectivity index (χ3n) is 1.25. The van der Waals surface area contributed by atoms with Crippen LogP contribution in [0, 0.1) is 0 Å². The Bertz CT molecular complexity index is 83.7. The molecule has 0 aliphatic carbocycles. The van der Waals surface area contributed by atoms with Crippen LogP contribution in [-0.4, -0.2) is 44.3 Å². The molecule has 0 aromatic carbocycles. The molecule has 0 amide bonds. The van der Waals surface area contributed by atoms with Gasteiger partial charge in [0.1, 0.15) is 0 Å². The van der Waals surface area contributed by atoms with Gasteiger partial charge >= 0.3 is 0 Å². The van der Waals surface area contributed by atoms with E-state index in [1.807, 2.05) is 26.2 Å². The van der Waals surface area contributed by atoms with Crippen LogP contribution in [-0.2, 0) is 0 Å². The lowest BCUT2D eigenvalue weighted by molar-refractivity contribution is 0.291. The highest BCUT2D eigenvalue weighted by atomic mass is 15.5. The molecule has 0 saturated heterocycles. The molecule has 0 aromatic rings. The molecule has 0 atom stereocenters. The molecule has 0 unspecified atom stereocenters. The Labute approximate surface area is 83.0 Å². The number of hydrogen-bond donors (Lipinski definition) is 2. The van der Waals surface area contributed by atoms with E-state index in [2.05, 4.69) is 19.3 Å². The third kappa shape index (κ3) is 24.5. The highest BCUT2D eigenvalue weighted by molar-refractivity contribution is 4.32. The second-order valence-corrected chi connectivity index (χ2v) is 3.28. The summed E-state index contributed by atoms with van der Waals surface area (Å²) in [5.41, 5.74) is 3.13. The molecule has 0 heterocycles. The Morgan fingerprint density at radius 1 is 1.08 bits per heavy atom. The molecule has 0 aliphatic heterocycles. The quantitative estimate of drug-likeness (QED) is 0.494. The van der Waals surface area contributed by atoms with Gasteiger partial charge in [-0.1, -0.05) is 13.8 Å². The van der Waals surface area contributed by atoms with Crippen LogP contribution in [0.25, 0.3) is 0 Å². The number of hydrazine groups is 2. The highest BCUT2D eigenvalue weighted by Gasteiger charge is 1.80. The minimum Gasteiger partial charge on any atom is -0.269 e. The first-order chi connectivity index (χ1) is 6.04. The predicted molar refractivity (Wildman–Crippen MR) is 59.1 cm³/mol. The van der Waals surface area contributed by atoms with Crippen molar-refractivity contribution in [2.75, 3.05) is 34.2 Å². The SMILES string of the molecule is CCCN(C)N.CCCNN(C)C. The van der Waals surface area contributed by atoms with E-state index >= 15 is 0 Å². The fourth-order valence-corrected chi connectivity index (χ4v) is 0.688. The molecule has 0 aliphatic rings. The standard InChI is InChI=1S/C5H14N2.C4H12N2/c1-4-5-6-7(2)3;1-3-4-6(2)5/h6H,4-5H2,1-3H3;3-5H2,1-2H3. The molecular weight excluding hydrogens is 164 g/mol. The Hall–Kier alpha value is -0.160. The van der Waals surface area contributed by atoms with Crippen LogP contribution in [0.15, 0.2) is 0 Å². The third-order valence-corrected chi connectivity index (χ3v) is 1.25. The summed E-state index contributed by atoms with van der Waals surface area (Å²) in [7, 11) is 5.86. The van der Waals surface area contributed by atoms with Crippen LogP contribution in [0.2, 0.25) is 0 Å². The van der Waals surface area contributed by atoms with Gasteiger partial charge in [-0.25, -0.2) is 0 Å². The van der Waals surface area contributed by atoms with E-state index in [1.165, 1.54) is 6.42 Å². The predicted octanol–water partition coefficient (Wildman–Crippen LogP) is 0.665. The van der Waals surface area contributed by atoms with Crippen molar-refractivity contribution < 1.29 is 0 Å². The van der Waals surface area contributed by atoms with Gasteiger partial charge in [-0.05, 0) is 12.8 Å². The van der Waals surface area contributed by atoms with Crippen molar-refractivity contribution in [3.05, 3.63) is 0 Å². The van der Waals surface area contributed by atoms with Crippen LogP contribution in [0.4, 0.5) is 0 Å². The molecule has 0 aromatic heterocycles. The van der Waals surface area contributed by atoms with Gasteiger partial charge in [0.05, 0.1) is 0 Å². The maximum Gasteiger partial charge on any atom is 0.0122 e. The highest BCUT2D eigenvalue weighted by Crippen LogP contribution is 1.72. The Morgan fingerprint density at radius 3 is 1.69 bits per heavy atom. The van der Waals surface area contributed by atoms with Crippen molar-refractivity contribution in [3.63, 3.8) is 0 Å². The zero-order valence-corrected chi connectivity index (χ0v) is 9.80. The second kappa shape index (κ2) is 11.8. The first kappa shape index (κ1) is 15.3. The lowest BCUT2D eigenvalue weighted by Gasteiger charge is -2.08. The van der Waals surface area contributed by atoms with Gasteiger partial charge in [-0.3, -0.25) is 21.3 Å². The fourth-order valence-electron chi connectivity index (χ4n) is 0.688. The maximum atomic E-state index is 5.24. The van der Waals surface area contributed by atoms with Gasteiger partial charge in [0.25, 0.3) is 0 Å². The van der Waals surface area contributed by atoms with E-state index in [4.69, 9.17) is 5.84 Å². The van der Waals surface area contributed by atoms with E-state index in [0.717, 1.165) is 19.5 Å². The molecule has 0 saturated carbocycles. The average molecular weight is 190 g/mol. The fraction of sp³-hybridized carbons (Fsp3) is 1.00. The lowest BCUT2D eigenvalue weighted by atomic mass is 10.5. The molecule has 13 heavy (non-hydrogen) atoms. The summed E-state index contributed by atoms with van der Waals surface area (Å²) in [5.74, 6) is 5.24. The van der Waals surface area contributed by atoms with Crippen LogP contribution < -0.4 is 11.3 Å². The Kier molecular flexibility index (Phi) is 14.0. The maximum absolute atomic E-state index is 5.24. The van der Waals surface area contributed by atoms with Crippen molar-refractivity contribution in [2.45, 2.75) is 26.7 Å². The molecule has 0 bridgehead atoms. The van der Waals surface area contributed by atoms with Crippen molar-refractivity contribution in [1.29, 1.82) is 0 Å². The average Bonchev–Trinajstić information content (AvgIpc) is 2.01. The summed E-state index contributed by atoms with van der Waals surface area (Å²) in [4.78, 5) is 0. The van der Waals surface area contributed by atoms with E-state index in [-0.39, 0.29) is 0 Å². The van der Waals surface area contributed by atoms with Crippen LogP contribution >= 0.6 is 0 Å². The van der Waals surface area contributed by atoms with Crippen LogP contribution in [0.5, 0.6) is 0 Å². The summed E-state index contributed by atoms with van der Waals surface area (Å²) in [5, 5.41) is 3.64. The summed E-state index contributed by atoms with van der Waals surface area (Å²) < 4.78 is 0. The molecular formula is C9H26N4. The van der Waals surface area contributed by atoms with Crippen molar-refractivity contribution in [3.8, 4) is 0 Å². The molecule has 0 spiro atoms. The van der Waals surface area contributed by atoms with Gasteiger partial charge in [0.2, 0.25) is 0 Å². The summed E-state index contributed by atoms with van der Waals surface area (Å²) >= 11 is 0. The minimum absolute atomic E-state index is 0.986. The van der Waals surface area contributed by atoms with Gasteiger partial charge in [0.15, 0.2) is 0 Å². The monoisotopic (exact) mass is 190 g/mol. The molecule has 4 nitrogen and oxygen atoms in total. The zero-order chi connectivity index (χ0) is 10.7. The Balaban J connectivity index is 0. The normalized spacial score (nSPS) is 10.2. The van der Waals surface area contributed by atoms with Gasteiger partial charge in [-0.15, -0.1) is 0 Å². The number of nitrogens with zero attached hydrogens (tertiary/aromatic N) is 2. The summed E-state index contributed by atoms with van der Waals surface area (Å²) in [6.07, 6.45) is 2.32. The smallest absolute Gasteiger partial charge is 0.0122 e. The van der Waals surface area contributed by atoms with Crippen LogP contribution in [0.3, 0.4) is 0 Å². The van der Waals surface area contributed by atoms with Crippen molar-refractivity contribution in [2.24, 2.45) is 5.84 Å². The first-order valence-corrected chi connectivity index (χ1v) is 4.91. The van der Waals surface area contributed by atoms with Crippen LogP contribution in [0.1, 0.15) is 26.7 Å². The molecule has 82 valence electrons. The van der Waals surface area contributed by atoms with Gasteiger partial charge in [0, 0.05) is 34.2 Å². The van der Waals surface area contributed by atoms with Gasteiger partial charge in [-0.2, -0.15) is 0 Å². The number of rotatable bonds is 5. The molecule has 0 fully saturated rings. The first-order valence-electron chi connectivity index (χ1n) is 4.91. The van der Waals surface area contributed by atoms with Crippen molar-refractivity contribution in [1.82, 2.24) is 15.4 Å². The molecule has 0 radical (unpaired) electrons. The number of hydrogen-bond acceptors (Lipinski definition) is 4. The van der Waals surface area contributed by atoms with E-state index < -0.39 is 0 Å². The second-order valence-electron chi connectivity index (χ2n) is 3.28.